The molecule has 1 heterocycles. The third-order valence-electron chi connectivity index (χ3n) is 4.52. The lowest BCUT2D eigenvalue weighted by Crippen LogP contribution is -2.55. The van der Waals surface area contributed by atoms with Crippen molar-refractivity contribution in [2.45, 2.75) is 32.0 Å². The number of piperazine rings is 1. The van der Waals surface area contributed by atoms with Crippen molar-refractivity contribution in [3.05, 3.63) is 64.1 Å². The predicted molar refractivity (Wildman–Crippen MR) is 97.7 cm³/mol. The Bertz CT molecular complexity index is 659. The van der Waals surface area contributed by atoms with Crippen LogP contribution >= 0.6 is 15.9 Å². The zero-order valence-electron chi connectivity index (χ0n) is 13.5. The summed E-state index contributed by atoms with van der Waals surface area (Å²) in [6.45, 7) is 6.44. The van der Waals surface area contributed by atoms with E-state index in [9.17, 15) is 5.11 Å². The quantitative estimate of drug-likeness (QED) is 0.854. The molecule has 1 saturated heterocycles. The van der Waals surface area contributed by atoms with Gasteiger partial charge in [-0.15, -0.1) is 0 Å². The first-order valence-electron chi connectivity index (χ1n) is 8.08. The van der Waals surface area contributed by atoms with Crippen molar-refractivity contribution in [1.82, 2.24) is 10.2 Å². The van der Waals surface area contributed by atoms with Crippen molar-refractivity contribution in [3.8, 4) is 5.75 Å². The van der Waals surface area contributed by atoms with Gasteiger partial charge in [-0.2, -0.15) is 0 Å². The zero-order chi connectivity index (χ0) is 16.4. The Morgan fingerprint density at radius 3 is 2.57 bits per heavy atom. The Morgan fingerprint density at radius 1 is 1.13 bits per heavy atom. The van der Waals surface area contributed by atoms with E-state index < -0.39 is 0 Å². The van der Waals surface area contributed by atoms with Crippen LogP contribution in [-0.2, 0) is 0 Å². The summed E-state index contributed by atoms with van der Waals surface area (Å²) in [5.41, 5.74) is 2.38. The third kappa shape index (κ3) is 3.77. The van der Waals surface area contributed by atoms with Gasteiger partial charge in [0, 0.05) is 29.6 Å². The highest BCUT2D eigenvalue weighted by Crippen LogP contribution is 2.33. The second-order valence-corrected chi connectivity index (χ2v) is 7.32. The van der Waals surface area contributed by atoms with Crippen molar-refractivity contribution < 1.29 is 5.11 Å². The van der Waals surface area contributed by atoms with Crippen LogP contribution in [-0.4, -0.2) is 35.2 Å². The van der Waals surface area contributed by atoms with Gasteiger partial charge >= 0.3 is 0 Å². The standard InChI is InChI=1S/C19H23BrN2O/c1-13-12-22(14(2)11-21-13)19(15-6-8-17(20)9-7-15)16-4-3-5-18(23)10-16/h3-10,13-14,19,21,23H,11-12H2,1-2H3/t13-,14+,19-/m1/s1. The highest BCUT2D eigenvalue weighted by Gasteiger charge is 2.31. The molecule has 0 aliphatic carbocycles. The number of phenols is 1. The first-order chi connectivity index (χ1) is 11.0. The van der Waals surface area contributed by atoms with Gasteiger partial charge in [0.1, 0.15) is 5.75 Å². The van der Waals surface area contributed by atoms with Gasteiger partial charge in [0.05, 0.1) is 6.04 Å². The summed E-state index contributed by atoms with van der Waals surface area (Å²) in [7, 11) is 0. The van der Waals surface area contributed by atoms with Crippen LogP contribution in [0.1, 0.15) is 31.0 Å². The molecule has 2 aromatic rings. The van der Waals surface area contributed by atoms with Gasteiger partial charge in [-0.1, -0.05) is 40.2 Å². The van der Waals surface area contributed by atoms with E-state index >= 15 is 0 Å². The van der Waals surface area contributed by atoms with Crippen LogP contribution in [0.25, 0.3) is 0 Å². The highest BCUT2D eigenvalue weighted by atomic mass is 79.9. The highest BCUT2D eigenvalue weighted by molar-refractivity contribution is 9.10. The fourth-order valence-electron chi connectivity index (χ4n) is 3.32. The average Bonchev–Trinajstić information content (AvgIpc) is 2.53. The monoisotopic (exact) mass is 374 g/mol. The molecule has 23 heavy (non-hydrogen) atoms. The molecule has 2 aromatic carbocycles. The largest absolute Gasteiger partial charge is 0.508 e. The smallest absolute Gasteiger partial charge is 0.115 e. The summed E-state index contributed by atoms with van der Waals surface area (Å²) < 4.78 is 1.08. The Hall–Kier alpha value is -1.36. The molecule has 0 unspecified atom stereocenters. The Kier molecular flexibility index (Phi) is 5.05. The van der Waals surface area contributed by atoms with E-state index in [-0.39, 0.29) is 6.04 Å². The van der Waals surface area contributed by atoms with Gasteiger partial charge in [-0.05, 0) is 49.2 Å². The summed E-state index contributed by atoms with van der Waals surface area (Å²) in [5, 5.41) is 13.5. The van der Waals surface area contributed by atoms with E-state index in [4.69, 9.17) is 0 Å². The van der Waals surface area contributed by atoms with Crippen LogP contribution < -0.4 is 5.32 Å². The molecule has 122 valence electrons. The van der Waals surface area contributed by atoms with Crippen molar-refractivity contribution >= 4 is 15.9 Å². The van der Waals surface area contributed by atoms with E-state index in [1.807, 2.05) is 12.1 Å². The van der Waals surface area contributed by atoms with Crippen LogP contribution in [0.4, 0.5) is 0 Å². The third-order valence-corrected chi connectivity index (χ3v) is 5.04. The average molecular weight is 375 g/mol. The molecule has 3 rings (SSSR count). The minimum Gasteiger partial charge on any atom is -0.508 e. The summed E-state index contributed by atoms with van der Waals surface area (Å²) in [6.07, 6.45) is 0. The van der Waals surface area contributed by atoms with Crippen LogP contribution in [0.2, 0.25) is 0 Å². The van der Waals surface area contributed by atoms with Crippen LogP contribution in [0, 0.1) is 0 Å². The molecule has 0 amide bonds. The maximum absolute atomic E-state index is 9.93. The molecule has 2 N–H and O–H groups in total. The van der Waals surface area contributed by atoms with E-state index in [0.717, 1.165) is 23.1 Å². The number of rotatable bonds is 3. The topological polar surface area (TPSA) is 35.5 Å². The lowest BCUT2D eigenvalue weighted by molar-refractivity contribution is 0.113. The zero-order valence-corrected chi connectivity index (χ0v) is 15.1. The van der Waals surface area contributed by atoms with Crippen molar-refractivity contribution in [3.63, 3.8) is 0 Å². The molecular weight excluding hydrogens is 352 g/mol. The van der Waals surface area contributed by atoms with Crippen molar-refractivity contribution in [2.24, 2.45) is 0 Å². The van der Waals surface area contributed by atoms with Crippen LogP contribution in [0.15, 0.2) is 53.0 Å². The normalized spacial score (nSPS) is 23.6. The Morgan fingerprint density at radius 2 is 1.87 bits per heavy atom. The first-order valence-corrected chi connectivity index (χ1v) is 8.87. The minimum atomic E-state index is 0.148. The second kappa shape index (κ2) is 7.04. The second-order valence-electron chi connectivity index (χ2n) is 6.40. The van der Waals surface area contributed by atoms with Crippen molar-refractivity contribution in [2.75, 3.05) is 13.1 Å². The molecular formula is C19H23BrN2O. The van der Waals surface area contributed by atoms with Crippen LogP contribution in [0.3, 0.4) is 0 Å². The number of hydrogen-bond donors (Lipinski definition) is 2. The van der Waals surface area contributed by atoms with Gasteiger partial charge < -0.3 is 10.4 Å². The lowest BCUT2D eigenvalue weighted by atomic mass is 9.94. The number of benzene rings is 2. The minimum absolute atomic E-state index is 0.148. The maximum Gasteiger partial charge on any atom is 0.115 e. The van der Waals surface area contributed by atoms with E-state index in [0.29, 0.717) is 17.8 Å². The van der Waals surface area contributed by atoms with E-state index in [1.165, 1.54) is 5.56 Å². The molecule has 1 aliphatic heterocycles. The van der Waals surface area contributed by atoms with Gasteiger partial charge in [-0.3, -0.25) is 4.90 Å². The lowest BCUT2D eigenvalue weighted by Gasteiger charge is -2.43. The van der Waals surface area contributed by atoms with Gasteiger partial charge in [0.15, 0.2) is 0 Å². The molecule has 0 bridgehead atoms. The number of halogens is 1. The molecule has 0 spiro atoms. The van der Waals surface area contributed by atoms with Crippen molar-refractivity contribution in [1.29, 1.82) is 0 Å². The van der Waals surface area contributed by atoms with Gasteiger partial charge in [0.2, 0.25) is 0 Å². The fourth-order valence-corrected chi connectivity index (χ4v) is 3.59. The number of aromatic hydroxyl groups is 1. The van der Waals surface area contributed by atoms with Gasteiger partial charge in [0.25, 0.3) is 0 Å². The summed E-state index contributed by atoms with van der Waals surface area (Å²) in [6, 6.07) is 17.2. The SMILES string of the molecule is C[C@@H]1CN([C@H](c2ccc(Br)cc2)c2cccc(O)c2)[C@@H](C)CN1. The first kappa shape index (κ1) is 16.5. The summed E-state index contributed by atoms with van der Waals surface area (Å²) in [5.74, 6) is 0.320. The van der Waals surface area contributed by atoms with Gasteiger partial charge in [-0.25, -0.2) is 0 Å². The molecule has 0 radical (unpaired) electrons. The molecule has 1 aliphatic rings. The predicted octanol–water partition coefficient (Wildman–Crippen LogP) is 3.93. The molecule has 4 heteroatoms. The molecule has 3 nitrogen and oxygen atoms in total. The number of hydrogen-bond acceptors (Lipinski definition) is 3. The fraction of sp³-hybridized carbons (Fsp3) is 0.368. The molecule has 0 aromatic heterocycles. The number of nitrogens with zero attached hydrogens (tertiary/aromatic N) is 1. The van der Waals surface area contributed by atoms with E-state index in [1.54, 1.807) is 6.07 Å². The number of phenolic OH excluding ortho intramolecular Hbond substituents is 1. The van der Waals surface area contributed by atoms with Crippen LogP contribution in [0.5, 0.6) is 5.75 Å². The summed E-state index contributed by atoms with van der Waals surface area (Å²) in [4.78, 5) is 2.53. The maximum atomic E-state index is 9.93. The summed E-state index contributed by atoms with van der Waals surface area (Å²) >= 11 is 3.52. The van der Waals surface area contributed by atoms with E-state index in [2.05, 4.69) is 70.3 Å². The molecule has 0 saturated carbocycles. The Labute approximate surface area is 146 Å². The number of nitrogens with one attached hydrogen (secondary N) is 1. The molecule has 1 fully saturated rings. The Balaban J connectivity index is 2.04. The molecule has 3 atom stereocenters.